The van der Waals surface area contributed by atoms with E-state index in [1.54, 1.807) is 7.11 Å². The van der Waals surface area contributed by atoms with Gasteiger partial charge in [-0.15, -0.1) is 0 Å². The quantitative estimate of drug-likeness (QED) is 0.809. The predicted octanol–water partition coefficient (Wildman–Crippen LogP) is 2.67. The van der Waals surface area contributed by atoms with Crippen molar-refractivity contribution in [1.82, 2.24) is 5.01 Å². The van der Waals surface area contributed by atoms with Crippen LogP contribution in [0.4, 0.5) is 5.69 Å². The van der Waals surface area contributed by atoms with Crippen LogP contribution in [-0.4, -0.2) is 30.2 Å². The third-order valence-electron chi connectivity index (χ3n) is 6.01. The maximum atomic E-state index is 5.28. The van der Waals surface area contributed by atoms with Crippen LogP contribution in [0.2, 0.25) is 0 Å². The Hall–Kier alpha value is -1.22. The zero-order valence-corrected chi connectivity index (χ0v) is 11.3. The average molecular weight is 256 g/mol. The van der Waals surface area contributed by atoms with Gasteiger partial charge in [0.15, 0.2) is 0 Å². The molecule has 1 saturated carbocycles. The number of nitrogens with zero attached hydrogens (tertiary/aromatic N) is 2. The summed E-state index contributed by atoms with van der Waals surface area (Å²) in [6.45, 7) is 0. The molecule has 3 saturated heterocycles. The Morgan fingerprint density at radius 3 is 2.16 bits per heavy atom. The minimum Gasteiger partial charge on any atom is -0.497 e. The Morgan fingerprint density at radius 2 is 1.58 bits per heavy atom. The largest absolute Gasteiger partial charge is 0.497 e. The van der Waals surface area contributed by atoms with Crippen molar-refractivity contribution >= 4 is 5.69 Å². The molecule has 4 aliphatic rings. The summed E-state index contributed by atoms with van der Waals surface area (Å²) in [5, 5.41) is 5.39. The Balaban J connectivity index is 1.57. The van der Waals surface area contributed by atoms with Gasteiger partial charge in [0.05, 0.1) is 18.8 Å². The molecule has 3 heteroatoms. The molecule has 3 aliphatic heterocycles. The third kappa shape index (κ3) is 1.14. The van der Waals surface area contributed by atoms with Crippen molar-refractivity contribution in [2.45, 2.75) is 43.8 Å². The van der Waals surface area contributed by atoms with E-state index in [2.05, 4.69) is 34.3 Å². The molecular formula is C16H20N2O. The highest BCUT2D eigenvalue weighted by Crippen LogP contribution is 2.60. The number of rotatable bonds is 2. The molecular weight excluding hydrogens is 236 g/mol. The summed E-state index contributed by atoms with van der Waals surface area (Å²) in [5.41, 5.74) is 1.37. The van der Waals surface area contributed by atoms with Gasteiger partial charge in [0.25, 0.3) is 0 Å². The molecule has 3 nitrogen and oxygen atoms in total. The van der Waals surface area contributed by atoms with E-state index in [-0.39, 0.29) is 0 Å². The normalized spacial score (nSPS) is 42.4. The number of fused-ring (bicyclic) bond motifs is 2. The van der Waals surface area contributed by atoms with Crippen molar-refractivity contribution in [3.63, 3.8) is 0 Å². The number of benzene rings is 1. The molecule has 0 amide bonds. The first-order valence-electron chi connectivity index (χ1n) is 7.60. The van der Waals surface area contributed by atoms with Gasteiger partial charge in [-0.05, 0) is 61.8 Å². The van der Waals surface area contributed by atoms with Crippen molar-refractivity contribution in [1.29, 1.82) is 0 Å². The zero-order chi connectivity index (χ0) is 12.6. The van der Waals surface area contributed by atoms with E-state index in [0.717, 1.165) is 35.7 Å². The topological polar surface area (TPSA) is 15.7 Å². The summed E-state index contributed by atoms with van der Waals surface area (Å²) in [6.07, 6.45) is 5.77. The second-order valence-electron chi connectivity index (χ2n) is 6.53. The summed E-state index contributed by atoms with van der Waals surface area (Å²) in [4.78, 5) is 0. The van der Waals surface area contributed by atoms with Crippen LogP contribution in [0, 0.1) is 11.8 Å². The van der Waals surface area contributed by atoms with Gasteiger partial charge >= 0.3 is 0 Å². The van der Waals surface area contributed by atoms with Crippen molar-refractivity contribution < 1.29 is 4.74 Å². The van der Waals surface area contributed by atoms with Crippen LogP contribution in [0.1, 0.15) is 25.7 Å². The Labute approximate surface area is 114 Å². The lowest BCUT2D eigenvalue weighted by Gasteiger charge is -2.29. The third-order valence-corrected chi connectivity index (χ3v) is 6.01. The van der Waals surface area contributed by atoms with Gasteiger partial charge in [-0.1, -0.05) is 0 Å². The first-order chi connectivity index (χ1) is 9.38. The number of ether oxygens (including phenoxy) is 1. The first-order valence-corrected chi connectivity index (χ1v) is 7.60. The van der Waals surface area contributed by atoms with Crippen molar-refractivity contribution in [2.75, 3.05) is 12.1 Å². The minimum absolute atomic E-state index is 0.797. The van der Waals surface area contributed by atoms with Crippen LogP contribution in [0.25, 0.3) is 0 Å². The molecule has 0 N–H and O–H groups in total. The number of hydrazine groups is 1. The Kier molecular flexibility index (Phi) is 1.92. The van der Waals surface area contributed by atoms with Gasteiger partial charge in [-0.25, -0.2) is 5.01 Å². The standard InChI is InChI=1S/C16H20N2O/c1-19-11-4-2-10(3-5-11)17-16-12-6-7-13(16)15-9-8-14(12)18(15)17/h2-5,12-16H,6-9H2,1H3. The van der Waals surface area contributed by atoms with Crippen LogP contribution >= 0.6 is 0 Å². The molecule has 4 unspecified atom stereocenters. The lowest BCUT2D eigenvalue weighted by molar-refractivity contribution is 0.200. The number of methoxy groups -OCH3 is 1. The number of hydrogen-bond donors (Lipinski definition) is 0. The lowest BCUT2D eigenvalue weighted by atomic mass is 9.91. The van der Waals surface area contributed by atoms with E-state index in [4.69, 9.17) is 4.74 Å². The summed E-state index contributed by atoms with van der Waals surface area (Å²) in [5.74, 6) is 2.83. The molecule has 4 atom stereocenters. The molecule has 0 spiro atoms. The number of piperidine rings is 1. The second-order valence-corrected chi connectivity index (χ2v) is 6.53. The predicted molar refractivity (Wildman–Crippen MR) is 74.1 cm³/mol. The summed E-state index contributed by atoms with van der Waals surface area (Å²) in [6, 6.07) is 11.1. The fraction of sp³-hybridized carbons (Fsp3) is 0.625. The van der Waals surface area contributed by atoms with Gasteiger partial charge in [0.2, 0.25) is 0 Å². The highest BCUT2D eigenvalue weighted by molar-refractivity contribution is 5.53. The molecule has 4 fully saturated rings. The van der Waals surface area contributed by atoms with Crippen LogP contribution in [-0.2, 0) is 0 Å². The SMILES string of the molecule is COc1ccc(N2C3C4CCC3C3CCC4N32)cc1. The molecule has 1 aromatic rings. The average Bonchev–Trinajstić information content (AvgIpc) is 3.07. The van der Waals surface area contributed by atoms with Gasteiger partial charge in [0, 0.05) is 12.1 Å². The first kappa shape index (κ1) is 10.6. The molecule has 5 rings (SSSR count). The monoisotopic (exact) mass is 256 g/mol. The van der Waals surface area contributed by atoms with Gasteiger partial charge in [-0.3, -0.25) is 0 Å². The second kappa shape index (κ2) is 3.45. The van der Waals surface area contributed by atoms with E-state index < -0.39 is 0 Å². The molecule has 100 valence electrons. The van der Waals surface area contributed by atoms with E-state index in [0.29, 0.717) is 0 Å². The van der Waals surface area contributed by atoms with E-state index in [1.165, 1.54) is 31.4 Å². The maximum absolute atomic E-state index is 5.28. The van der Waals surface area contributed by atoms with Crippen molar-refractivity contribution in [3.05, 3.63) is 24.3 Å². The number of anilines is 1. The highest BCUT2D eigenvalue weighted by atomic mass is 16.5. The molecule has 2 bridgehead atoms. The zero-order valence-electron chi connectivity index (χ0n) is 11.3. The molecule has 19 heavy (non-hydrogen) atoms. The van der Waals surface area contributed by atoms with Gasteiger partial charge in [0.1, 0.15) is 5.75 Å². The molecule has 3 heterocycles. The number of hydrogen-bond acceptors (Lipinski definition) is 3. The minimum atomic E-state index is 0.797. The summed E-state index contributed by atoms with van der Waals surface area (Å²) >= 11 is 0. The lowest BCUT2D eigenvalue weighted by Crippen LogP contribution is -2.39. The fourth-order valence-electron chi connectivity index (χ4n) is 5.43. The summed E-state index contributed by atoms with van der Waals surface area (Å²) in [7, 11) is 1.73. The molecule has 1 aliphatic carbocycles. The molecule has 0 aromatic heterocycles. The van der Waals surface area contributed by atoms with Crippen LogP contribution < -0.4 is 9.75 Å². The van der Waals surface area contributed by atoms with E-state index in [1.807, 2.05) is 0 Å². The molecule has 1 aromatic carbocycles. The van der Waals surface area contributed by atoms with Crippen molar-refractivity contribution in [3.8, 4) is 5.75 Å². The highest BCUT2D eigenvalue weighted by Gasteiger charge is 2.66. The van der Waals surface area contributed by atoms with Gasteiger partial charge in [-0.2, -0.15) is 0 Å². The smallest absolute Gasteiger partial charge is 0.119 e. The van der Waals surface area contributed by atoms with Gasteiger partial charge < -0.3 is 9.75 Å². The molecule has 0 radical (unpaired) electrons. The van der Waals surface area contributed by atoms with Crippen LogP contribution in [0.5, 0.6) is 5.75 Å². The fourth-order valence-corrected chi connectivity index (χ4v) is 5.43. The maximum Gasteiger partial charge on any atom is 0.119 e. The summed E-state index contributed by atoms with van der Waals surface area (Å²) < 4.78 is 5.28. The van der Waals surface area contributed by atoms with Crippen LogP contribution in [0.3, 0.4) is 0 Å². The Morgan fingerprint density at radius 1 is 0.947 bits per heavy atom. The van der Waals surface area contributed by atoms with E-state index in [9.17, 15) is 0 Å². The van der Waals surface area contributed by atoms with E-state index >= 15 is 0 Å². The Bertz CT molecular complexity index is 470. The van der Waals surface area contributed by atoms with Crippen molar-refractivity contribution in [2.24, 2.45) is 11.8 Å². The van der Waals surface area contributed by atoms with Crippen LogP contribution in [0.15, 0.2) is 24.3 Å².